The van der Waals surface area contributed by atoms with E-state index in [1.807, 2.05) is 18.2 Å². The van der Waals surface area contributed by atoms with Crippen LogP contribution in [0.15, 0.2) is 76.5 Å². The van der Waals surface area contributed by atoms with Crippen molar-refractivity contribution in [2.45, 2.75) is 23.6 Å². The third-order valence-electron chi connectivity index (χ3n) is 6.90. The highest BCUT2D eigenvalue weighted by molar-refractivity contribution is 7.85. The number of benzene rings is 3. The molecule has 6 heteroatoms. The van der Waals surface area contributed by atoms with E-state index < -0.39 is 10.8 Å². The van der Waals surface area contributed by atoms with Crippen LogP contribution in [0.1, 0.15) is 11.1 Å². The number of para-hydroxylation sites is 3. The van der Waals surface area contributed by atoms with E-state index >= 15 is 0 Å². The average Bonchev–Trinajstić information content (AvgIpc) is 2.89. The lowest BCUT2D eigenvalue weighted by atomic mass is 10.1. The molecule has 1 atom stereocenters. The summed E-state index contributed by atoms with van der Waals surface area (Å²) in [7, 11) is -1.20. The van der Waals surface area contributed by atoms with Gasteiger partial charge in [-0.2, -0.15) is 0 Å². The zero-order valence-corrected chi connectivity index (χ0v) is 21.0. The van der Waals surface area contributed by atoms with Crippen LogP contribution in [0.5, 0.6) is 0 Å². The lowest BCUT2D eigenvalue weighted by Crippen LogP contribution is -2.48. The molecule has 0 radical (unpaired) electrons. The molecule has 34 heavy (non-hydrogen) atoms. The maximum absolute atomic E-state index is 13.6. The van der Waals surface area contributed by atoms with E-state index in [-0.39, 0.29) is 0 Å². The second-order valence-corrected chi connectivity index (χ2v) is 10.6. The van der Waals surface area contributed by atoms with Crippen LogP contribution < -0.4 is 20.0 Å². The van der Waals surface area contributed by atoms with E-state index in [0.29, 0.717) is 0 Å². The summed E-state index contributed by atoms with van der Waals surface area (Å²) in [6, 6.07) is 23.2. The molecule has 0 bridgehead atoms. The molecule has 3 aromatic rings. The Bertz CT molecular complexity index is 1170. The molecule has 2 aliphatic rings. The first-order valence-electron chi connectivity index (χ1n) is 12.2. The van der Waals surface area contributed by atoms with E-state index in [4.69, 9.17) is 0 Å². The van der Waals surface area contributed by atoms with E-state index in [1.165, 1.54) is 16.9 Å². The highest BCUT2D eigenvalue weighted by atomic mass is 32.2. The summed E-state index contributed by atoms with van der Waals surface area (Å²) in [4.78, 5) is 9.23. The van der Waals surface area contributed by atoms with Gasteiger partial charge in [0.1, 0.15) is 0 Å². The van der Waals surface area contributed by atoms with Crippen molar-refractivity contribution in [3.63, 3.8) is 0 Å². The lowest BCUT2D eigenvalue weighted by molar-refractivity contribution is 0.587. The summed E-state index contributed by atoms with van der Waals surface area (Å²) < 4.78 is 13.6. The van der Waals surface area contributed by atoms with Crippen molar-refractivity contribution in [2.24, 2.45) is 0 Å². The molecule has 0 aromatic heterocycles. The minimum atomic E-state index is -1.20. The molecule has 0 spiro atoms. The van der Waals surface area contributed by atoms with Crippen LogP contribution in [-0.2, 0) is 10.8 Å². The topological polar surface area (TPSA) is 38.8 Å². The molecule has 5 rings (SSSR count). The van der Waals surface area contributed by atoms with Gasteiger partial charge in [-0.25, -0.2) is 4.21 Å². The van der Waals surface area contributed by atoms with Crippen LogP contribution in [-0.4, -0.2) is 56.6 Å². The van der Waals surface area contributed by atoms with E-state index in [1.54, 1.807) is 0 Å². The first-order chi connectivity index (χ1) is 16.6. The van der Waals surface area contributed by atoms with Crippen molar-refractivity contribution in [1.29, 1.82) is 0 Å². The Balaban J connectivity index is 1.34. The standard InChI is InChI=1S/C28H34N4OS/c1-22-11-12-27(23(2)21-22)34(33)28-10-6-5-9-26(28)32-19-17-31(18-20-32)25-8-4-3-7-24(25)30-15-13-29-14-16-30/h3-12,21,29H,13-20H2,1-2H3. The molecule has 3 aromatic carbocycles. The normalized spacial score (nSPS) is 17.6. The van der Waals surface area contributed by atoms with Crippen molar-refractivity contribution in [1.82, 2.24) is 5.32 Å². The quantitative estimate of drug-likeness (QED) is 0.600. The summed E-state index contributed by atoms with van der Waals surface area (Å²) in [6.45, 7) is 12.0. The van der Waals surface area contributed by atoms with Crippen LogP contribution in [0.3, 0.4) is 0 Å². The van der Waals surface area contributed by atoms with Gasteiger partial charge >= 0.3 is 0 Å². The zero-order chi connectivity index (χ0) is 23.5. The average molecular weight is 475 g/mol. The van der Waals surface area contributed by atoms with Crippen LogP contribution in [0.2, 0.25) is 0 Å². The number of anilines is 3. The molecule has 5 nitrogen and oxygen atoms in total. The minimum absolute atomic E-state index is 0.904. The molecule has 1 N–H and O–H groups in total. The van der Waals surface area contributed by atoms with Gasteiger partial charge in [0.25, 0.3) is 0 Å². The second-order valence-electron chi connectivity index (χ2n) is 9.21. The molecule has 0 aliphatic carbocycles. The maximum Gasteiger partial charge on any atom is 0.0873 e. The van der Waals surface area contributed by atoms with Crippen molar-refractivity contribution in [2.75, 3.05) is 67.1 Å². The smallest absolute Gasteiger partial charge is 0.0873 e. The third-order valence-corrected chi connectivity index (χ3v) is 8.50. The predicted octanol–water partition coefficient (Wildman–Crippen LogP) is 4.21. The number of nitrogens with one attached hydrogen (secondary N) is 1. The summed E-state index contributed by atoms with van der Waals surface area (Å²) in [5, 5.41) is 3.45. The molecule has 2 fully saturated rings. The van der Waals surface area contributed by atoms with E-state index in [0.717, 1.165) is 73.4 Å². The van der Waals surface area contributed by atoms with E-state index in [2.05, 4.69) is 82.4 Å². The van der Waals surface area contributed by atoms with Gasteiger partial charge in [-0.3, -0.25) is 0 Å². The van der Waals surface area contributed by atoms with Gasteiger partial charge in [0, 0.05) is 57.3 Å². The van der Waals surface area contributed by atoms with Gasteiger partial charge in [-0.1, -0.05) is 42.0 Å². The highest BCUT2D eigenvalue weighted by Crippen LogP contribution is 2.33. The number of aryl methyl sites for hydroxylation is 2. The Morgan fingerprint density at radius 2 is 1.18 bits per heavy atom. The minimum Gasteiger partial charge on any atom is -0.367 e. The number of piperazine rings is 2. The number of hydrogen-bond donors (Lipinski definition) is 1. The van der Waals surface area contributed by atoms with Crippen molar-refractivity contribution in [3.8, 4) is 0 Å². The molecule has 0 amide bonds. The maximum atomic E-state index is 13.6. The summed E-state index contributed by atoms with van der Waals surface area (Å²) in [6.07, 6.45) is 0. The number of rotatable bonds is 5. The zero-order valence-electron chi connectivity index (χ0n) is 20.2. The Kier molecular flexibility index (Phi) is 6.88. The largest absolute Gasteiger partial charge is 0.367 e. The molecule has 2 saturated heterocycles. The monoisotopic (exact) mass is 474 g/mol. The molecular formula is C28H34N4OS. The Hall–Kier alpha value is -2.83. The molecule has 1 unspecified atom stereocenters. The number of hydrogen-bond acceptors (Lipinski definition) is 5. The van der Waals surface area contributed by atoms with Crippen LogP contribution in [0.4, 0.5) is 17.1 Å². The molecule has 0 saturated carbocycles. The summed E-state index contributed by atoms with van der Waals surface area (Å²) >= 11 is 0. The molecule has 2 aliphatic heterocycles. The van der Waals surface area contributed by atoms with Crippen LogP contribution in [0, 0.1) is 13.8 Å². The predicted molar refractivity (Wildman–Crippen MR) is 143 cm³/mol. The Morgan fingerprint density at radius 1 is 0.647 bits per heavy atom. The van der Waals surface area contributed by atoms with Gasteiger partial charge in [-0.15, -0.1) is 0 Å². The molecular weight excluding hydrogens is 440 g/mol. The number of nitrogens with zero attached hydrogens (tertiary/aromatic N) is 3. The van der Waals surface area contributed by atoms with Gasteiger partial charge in [-0.05, 0) is 49.7 Å². The van der Waals surface area contributed by atoms with Crippen LogP contribution in [0.25, 0.3) is 0 Å². The summed E-state index contributed by atoms with van der Waals surface area (Å²) in [5.74, 6) is 0. The lowest BCUT2D eigenvalue weighted by Gasteiger charge is -2.40. The van der Waals surface area contributed by atoms with Crippen molar-refractivity contribution in [3.05, 3.63) is 77.9 Å². The fourth-order valence-electron chi connectivity index (χ4n) is 5.09. The fourth-order valence-corrected chi connectivity index (χ4v) is 6.46. The van der Waals surface area contributed by atoms with Crippen molar-refractivity contribution >= 4 is 27.9 Å². The van der Waals surface area contributed by atoms with Crippen molar-refractivity contribution < 1.29 is 4.21 Å². The van der Waals surface area contributed by atoms with Gasteiger partial charge < -0.3 is 20.0 Å². The molecule has 178 valence electrons. The molecule has 2 heterocycles. The van der Waals surface area contributed by atoms with Gasteiger partial charge in [0.15, 0.2) is 0 Å². The summed E-state index contributed by atoms with van der Waals surface area (Å²) in [5.41, 5.74) is 6.05. The first-order valence-corrected chi connectivity index (χ1v) is 13.4. The van der Waals surface area contributed by atoms with Gasteiger partial charge in [0.05, 0.1) is 32.8 Å². The van der Waals surface area contributed by atoms with Gasteiger partial charge in [0.2, 0.25) is 0 Å². The third kappa shape index (κ3) is 4.70. The SMILES string of the molecule is Cc1ccc(S(=O)c2ccccc2N2CCN(c3ccccc3N3CCNCC3)CC2)c(C)c1. The first kappa shape index (κ1) is 22.9. The Morgan fingerprint density at radius 3 is 1.79 bits per heavy atom. The highest BCUT2D eigenvalue weighted by Gasteiger charge is 2.24. The second kappa shape index (κ2) is 10.2. The van der Waals surface area contributed by atoms with Crippen LogP contribution >= 0.6 is 0 Å². The van der Waals surface area contributed by atoms with E-state index in [9.17, 15) is 4.21 Å². The Labute approximate surface area is 205 Å². The fraction of sp³-hybridized carbons (Fsp3) is 0.357.